The summed E-state index contributed by atoms with van der Waals surface area (Å²) in [5, 5.41) is 9.21. The van der Waals surface area contributed by atoms with E-state index in [-0.39, 0.29) is 0 Å². The van der Waals surface area contributed by atoms with Crippen LogP contribution in [0.15, 0.2) is 95.8 Å². The molecular weight excluding hydrogens is 408 g/mol. The minimum atomic E-state index is 0.801. The molecule has 1 aliphatic rings. The minimum Gasteiger partial charge on any atom is -0.454 e. The Bertz CT molecular complexity index is 1690. The smallest absolute Gasteiger partial charge is 0.153 e. The van der Waals surface area contributed by atoms with Crippen molar-refractivity contribution in [3.05, 3.63) is 103 Å². The molecule has 0 bridgehead atoms. The lowest BCUT2D eigenvalue weighted by Crippen LogP contribution is -2.03. The Hall–Kier alpha value is -4.64. The zero-order valence-electron chi connectivity index (χ0n) is 17.6. The van der Waals surface area contributed by atoms with Crippen molar-refractivity contribution in [2.45, 2.75) is 0 Å². The minimum absolute atomic E-state index is 0.801. The Morgan fingerprint density at radius 2 is 1.64 bits per heavy atom. The predicted molar refractivity (Wildman–Crippen MR) is 133 cm³/mol. The van der Waals surface area contributed by atoms with Crippen LogP contribution in [-0.2, 0) is 0 Å². The highest BCUT2D eigenvalue weighted by Crippen LogP contribution is 2.41. The highest BCUT2D eigenvalue weighted by molar-refractivity contribution is 6.05. The van der Waals surface area contributed by atoms with Crippen LogP contribution in [0.2, 0.25) is 0 Å². The van der Waals surface area contributed by atoms with Crippen LogP contribution >= 0.6 is 0 Å². The molecule has 0 radical (unpaired) electrons. The number of fused-ring (bicyclic) bond motifs is 5. The van der Waals surface area contributed by atoms with E-state index < -0.39 is 0 Å². The zero-order valence-corrected chi connectivity index (χ0v) is 17.6. The number of furan rings is 1. The summed E-state index contributed by atoms with van der Waals surface area (Å²) >= 11 is 0. The van der Waals surface area contributed by atoms with Crippen LogP contribution in [0, 0.1) is 0 Å². The number of para-hydroxylation sites is 2. The van der Waals surface area contributed by atoms with Crippen molar-refractivity contribution in [1.29, 1.82) is 0 Å². The van der Waals surface area contributed by atoms with Crippen LogP contribution in [0.1, 0.15) is 11.1 Å². The van der Waals surface area contributed by atoms with Gasteiger partial charge in [0.2, 0.25) is 0 Å². The largest absolute Gasteiger partial charge is 0.454 e. The van der Waals surface area contributed by atoms with Gasteiger partial charge in [-0.15, -0.1) is 0 Å². The standard InChI is InChI=1S/C28H18N4O/c1-5-18-10-11-19-6-2-8-23(32-16-4-15-30-32)27(19)31-26(18)21(7-1)20-12-13-24-22(17-20)28-25(33-24)9-3-14-29-28/h1-17,31H. The van der Waals surface area contributed by atoms with Crippen molar-refractivity contribution in [3.63, 3.8) is 0 Å². The van der Waals surface area contributed by atoms with E-state index >= 15 is 0 Å². The number of aromatic nitrogens is 3. The van der Waals surface area contributed by atoms with Gasteiger partial charge in [-0.3, -0.25) is 4.98 Å². The van der Waals surface area contributed by atoms with E-state index in [1.54, 1.807) is 12.4 Å². The highest BCUT2D eigenvalue weighted by atomic mass is 16.3. The van der Waals surface area contributed by atoms with Gasteiger partial charge in [-0.2, -0.15) is 5.10 Å². The lowest BCUT2D eigenvalue weighted by atomic mass is 9.98. The number of anilines is 2. The third-order valence-corrected chi connectivity index (χ3v) is 6.15. The van der Waals surface area contributed by atoms with E-state index in [2.05, 4.69) is 76.1 Å². The average molecular weight is 426 g/mol. The topological polar surface area (TPSA) is 55.9 Å². The second kappa shape index (κ2) is 6.93. The predicted octanol–water partition coefficient (Wildman–Crippen LogP) is 7.06. The maximum absolute atomic E-state index is 5.98. The summed E-state index contributed by atoms with van der Waals surface area (Å²) in [6.45, 7) is 0. The van der Waals surface area contributed by atoms with Crippen LogP contribution in [0.3, 0.4) is 0 Å². The second-order valence-corrected chi connectivity index (χ2v) is 8.08. The van der Waals surface area contributed by atoms with E-state index in [1.165, 1.54) is 0 Å². The summed E-state index contributed by atoms with van der Waals surface area (Å²) in [4.78, 5) is 4.55. The summed E-state index contributed by atoms with van der Waals surface area (Å²) < 4.78 is 7.87. The third-order valence-electron chi connectivity index (χ3n) is 6.15. The Morgan fingerprint density at radius 1 is 0.758 bits per heavy atom. The van der Waals surface area contributed by atoms with Gasteiger partial charge in [0.15, 0.2) is 5.58 Å². The number of hydrogen-bond donors (Lipinski definition) is 1. The van der Waals surface area contributed by atoms with E-state index in [0.717, 1.165) is 61.4 Å². The van der Waals surface area contributed by atoms with Gasteiger partial charge in [-0.05, 0) is 47.5 Å². The zero-order chi connectivity index (χ0) is 21.8. The molecule has 1 aliphatic heterocycles. The molecule has 1 N–H and O–H groups in total. The summed E-state index contributed by atoms with van der Waals surface area (Å²) in [7, 11) is 0. The Kier molecular flexibility index (Phi) is 3.78. The molecule has 0 fully saturated rings. The number of pyridine rings is 1. The first kappa shape index (κ1) is 18.0. The fourth-order valence-corrected chi connectivity index (χ4v) is 4.59. The molecular formula is C28H18N4O. The van der Waals surface area contributed by atoms with E-state index in [4.69, 9.17) is 4.42 Å². The quantitative estimate of drug-likeness (QED) is 0.321. The van der Waals surface area contributed by atoms with Crippen molar-refractivity contribution in [1.82, 2.24) is 14.8 Å². The van der Waals surface area contributed by atoms with Crippen molar-refractivity contribution < 1.29 is 4.42 Å². The number of nitrogens with one attached hydrogen (secondary N) is 1. The van der Waals surface area contributed by atoms with Gasteiger partial charge < -0.3 is 9.73 Å². The van der Waals surface area contributed by atoms with Crippen LogP contribution in [0.25, 0.3) is 51.0 Å². The molecule has 3 aromatic heterocycles. The maximum atomic E-state index is 5.98. The second-order valence-electron chi connectivity index (χ2n) is 8.08. The molecule has 3 aromatic carbocycles. The fraction of sp³-hybridized carbons (Fsp3) is 0. The Balaban J connectivity index is 1.43. The molecule has 33 heavy (non-hydrogen) atoms. The first-order valence-electron chi connectivity index (χ1n) is 10.8. The van der Waals surface area contributed by atoms with E-state index in [9.17, 15) is 0 Å². The first-order valence-corrected chi connectivity index (χ1v) is 10.8. The number of hydrogen-bond acceptors (Lipinski definition) is 4. The van der Waals surface area contributed by atoms with E-state index in [1.807, 2.05) is 35.1 Å². The molecule has 0 saturated carbocycles. The lowest BCUT2D eigenvalue weighted by Gasteiger charge is -2.18. The summed E-state index contributed by atoms with van der Waals surface area (Å²) in [6.07, 6.45) is 9.88. The summed E-state index contributed by atoms with van der Waals surface area (Å²) in [5.74, 6) is 0. The van der Waals surface area contributed by atoms with Crippen LogP contribution in [0.4, 0.5) is 11.4 Å². The van der Waals surface area contributed by atoms with Gasteiger partial charge in [0.25, 0.3) is 0 Å². The van der Waals surface area contributed by atoms with Crippen LogP contribution in [-0.4, -0.2) is 14.8 Å². The highest BCUT2D eigenvalue weighted by Gasteiger charge is 2.18. The first-order chi connectivity index (χ1) is 16.3. The molecule has 0 saturated heterocycles. The molecule has 156 valence electrons. The van der Waals surface area contributed by atoms with Crippen molar-refractivity contribution in [2.75, 3.05) is 5.32 Å². The SMILES string of the molecule is C1=Cc2cccc(-n3cccn3)c2Nc2c1cccc2-c1ccc2oc3cccnc3c2c1. The lowest BCUT2D eigenvalue weighted by molar-refractivity contribution is 0.668. The molecule has 7 rings (SSSR count). The molecule has 0 atom stereocenters. The fourth-order valence-electron chi connectivity index (χ4n) is 4.59. The van der Waals surface area contributed by atoms with Gasteiger partial charge >= 0.3 is 0 Å². The van der Waals surface area contributed by atoms with Gasteiger partial charge in [0.05, 0.1) is 17.1 Å². The van der Waals surface area contributed by atoms with Crippen molar-refractivity contribution in [2.24, 2.45) is 0 Å². The Labute approximate surface area is 189 Å². The van der Waals surface area contributed by atoms with Crippen LogP contribution < -0.4 is 5.32 Å². The molecule has 0 aliphatic carbocycles. The third kappa shape index (κ3) is 2.79. The van der Waals surface area contributed by atoms with Crippen molar-refractivity contribution >= 4 is 45.6 Å². The van der Waals surface area contributed by atoms with Gasteiger partial charge in [-0.1, -0.05) is 48.6 Å². The normalized spacial score (nSPS) is 12.4. The monoisotopic (exact) mass is 426 g/mol. The van der Waals surface area contributed by atoms with Crippen molar-refractivity contribution in [3.8, 4) is 16.8 Å². The molecule has 4 heterocycles. The Morgan fingerprint density at radius 3 is 2.52 bits per heavy atom. The molecule has 6 aromatic rings. The summed E-state index contributed by atoms with van der Waals surface area (Å²) in [5.41, 5.74) is 10.1. The van der Waals surface area contributed by atoms with E-state index in [0.29, 0.717) is 0 Å². The van der Waals surface area contributed by atoms with Gasteiger partial charge in [0.1, 0.15) is 11.1 Å². The van der Waals surface area contributed by atoms with Gasteiger partial charge in [-0.25, -0.2) is 4.68 Å². The average Bonchev–Trinajstić information content (AvgIpc) is 3.47. The summed E-state index contributed by atoms with van der Waals surface area (Å²) in [6, 6.07) is 24.7. The van der Waals surface area contributed by atoms with Gasteiger partial charge in [0, 0.05) is 35.1 Å². The number of rotatable bonds is 2. The molecule has 5 nitrogen and oxygen atoms in total. The maximum Gasteiger partial charge on any atom is 0.153 e. The van der Waals surface area contributed by atoms with Crippen LogP contribution in [0.5, 0.6) is 0 Å². The molecule has 0 spiro atoms. The molecule has 5 heteroatoms. The molecule has 0 amide bonds. The number of nitrogens with zero attached hydrogens (tertiary/aromatic N) is 3. The number of benzene rings is 3. The molecule has 0 unspecified atom stereocenters.